The van der Waals surface area contributed by atoms with E-state index in [0.717, 1.165) is 51.0 Å². The van der Waals surface area contributed by atoms with Crippen LogP contribution in [0.5, 0.6) is 0 Å². The molecular weight excluding hydrogens is 349 g/mol. The Morgan fingerprint density at radius 2 is 1.48 bits per heavy atom. The van der Waals surface area contributed by atoms with Crippen LogP contribution in [0.15, 0.2) is 18.5 Å². The Balaban J connectivity index is 1.39. The summed E-state index contributed by atoms with van der Waals surface area (Å²) in [4.78, 5) is 14.5. The van der Waals surface area contributed by atoms with E-state index in [-0.39, 0.29) is 5.82 Å². The number of hydrogen-bond acceptors (Lipinski definition) is 8. The van der Waals surface area contributed by atoms with Crippen LogP contribution in [-0.2, 0) is 11.2 Å². The first-order valence-corrected chi connectivity index (χ1v) is 9.42. The van der Waals surface area contributed by atoms with Gasteiger partial charge >= 0.3 is 0 Å². The molecule has 2 aliphatic heterocycles. The summed E-state index contributed by atoms with van der Waals surface area (Å²) in [7, 11) is 0. The SMILES string of the molecule is CCc1ncnc(N2CCN(c3ccc(N4CCOCC4)nn3)CC2)c1F. The maximum atomic E-state index is 14.5. The third kappa shape index (κ3) is 3.78. The molecule has 0 unspecified atom stereocenters. The number of aromatic nitrogens is 4. The molecule has 0 N–H and O–H groups in total. The maximum absolute atomic E-state index is 14.5. The molecule has 2 aromatic heterocycles. The Labute approximate surface area is 158 Å². The highest BCUT2D eigenvalue weighted by Gasteiger charge is 2.23. The van der Waals surface area contributed by atoms with Crippen LogP contribution in [0, 0.1) is 5.82 Å². The molecule has 9 heteroatoms. The molecule has 2 fully saturated rings. The van der Waals surface area contributed by atoms with Crippen molar-refractivity contribution in [3.63, 3.8) is 0 Å². The van der Waals surface area contributed by atoms with Crippen LogP contribution in [0.25, 0.3) is 0 Å². The van der Waals surface area contributed by atoms with Gasteiger partial charge in [0.2, 0.25) is 0 Å². The number of rotatable bonds is 4. The summed E-state index contributed by atoms with van der Waals surface area (Å²) >= 11 is 0. The lowest BCUT2D eigenvalue weighted by Crippen LogP contribution is -2.47. The van der Waals surface area contributed by atoms with Crippen LogP contribution >= 0.6 is 0 Å². The first kappa shape index (κ1) is 17.8. The number of ether oxygens (including phenoxy) is 1. The van der Waals surface area contributed by atoms with Crippen LogP contribution in [0.4, 0.5) is 21.8 Å². The topological polar surface area (TPSA) is 70.5 Å². The third-order valence-corrected chi connectivity index (χ3v) is 5.05. The molecule has 4 rings (SSSR count). The normalized spacial score (nSPS) is 18.1. The summed E-state index contributed by atoms with van der Waals surface area (Å²) in [6.45, 7) is 7.90. The van der Waals surface area contributed by atoms with Gasteiger partial charge in [-0.25, -0.2) is 14.4 Å². The van der Waals surface area contributed by atoms with E-state index in [1.54, 1.807) is 0 Å². The van der Waals surface area contributed by atoms with E-state index >= 15 is 0 Å². The summed E-state index contributed by atoms with van der Waals surface area (Å²) < 4.78 is 19.9. The van der Waals surface area contributed by atoms with Gasteiger partial charge in [-0.15, -0.1) is 10.2 Å². The van der Waals surface area contributed by atoms with Crippen LogP contribution in [-0.4, -0.2) is 72.6 Å². The molecule has 144 valence electrons. The van der Waals surface area contributed by atoms with Crippen molar-refractivity contribution in [2.45, 2.75) is 13.3 Å². The molecule has 8 nitrogen and oxygen atoms in total. The highest BCUT2D eigenvalue weighted by molar-refractivity contribution is 5.48. The van der Waals surface area contributed by atoms with E-state index in [0.29, 0.717) is 31.0 Å². The Morgan fingerprint density at radius 3 is 2.07 bits per heavy atom. The fraction of sp³-hybridized carbons (Fsp3) is 0.556. The fourth-order valence-corrected chi connectivity index (χ4v) is 3.46. The van der Waals surface area contributed by atoms with Crippen molar-refractivity contribution in [3.8, 4) is 0 Å². The van der Waals surface area contributed by atoms with Crippen LogP contribution in [0.1, 0.15) is 12.6 Å². The second kappa shape index (κ2) is 7.99. The molecule has 0 atom stereocenters. The lowest BCUT2D eigenvalue weighted by molar-refractivity contribution is 0.122. The van der Waals surface area contributed by atoms with Crippen molar-refractivity contribution >= 4 is 17.5 Å². The van der Waals surface area contributed by atoms with Gasteiger partial charge in [-0.2, -0.15) is 0 Å². The Bertz CT molecular complexity index is 759. The molecule has 2 saturated heterocycles. The van der Waals surface area contributed by atoms with Crippen molar-refractivity contribution in [3.05, 3.63) is 30.0 Å². The number of anilines is 3. The smallest absolute Gasteiger partial charge is 0.187 e. The highest BCUT2D eigenvalue weighted by atomic mass is 19.1. The molecule has 0 radical (unpaired) electrons. The Kier molecular flexibility index (Phi) is 5.28. The second-order valence-electron chi connectivity index (χ2n) is 6.63. The third-order valence-electron chi connectivity index (χ3n) is 5.05. The zero-order valence-electron chi connectivity index (χ0n) is 15.5. The van der Waals surface area contributed by atoms with Gasteiger partial charge in [0.05, 0.1) is 18.9 Å². The van der Waals surface area contributed by atoms with Crippen LogP contribution in [0.2, 0.25) is 0 Å². The van der Waals surface area contributed by atoms with E-state index in [4.69, 9.17) is 4.74 Å². The van der Waals surface area contributed by atoms with Gasteiger partial charge in [0.25, 0.3) is 0 Å². The molecule has 0 amide bonds. The summed E-state index contributed by atoms with van der Waals surface area (Å²) in [5.74, 6) is 1.83. The van der Waals surface area contributed by atoms with Crippen molar-refractivity contribution in [1.82, 2.24) is 20.2 Å². The zero-order chi connectivity index (χ0) is 18.6. The van der Waals surface area contributed by atoms with E-state index in [9.17, 15) is 4.39 Å². The van der Waals surface area contributed by atoms with Crippen LogP contribution in [0.3, 0.4) is 0 Å². The lowest BCUT2D eigenvalue weighted by Gasteiger charge is -2.36. The van der Waals surface area contributed by atoms with Gasteiger partial charge < -0.3 is 19.4 Å². The number of piperazine rings is 1. The highest BCUT2D eigenvalue weighted by Crippen LogP contribution is 2.22. The summed E-state index contributed by atoms with van der Waals surface area (Å²) in [5.41, 5.74) is 0.465. The summed E-state index contributed by atoms with van der Waals surface area (Å²) in [5, 5.41) is 8.77. The monoisotopic (exact) mass is 373 g/mol. The van der Waals surface area contributed by atoms with Gasteiger partial charge in [-0.1, -0.05) is 6.92 Å². The first-order chi connectivity index (χ1) is 13.3. The minimum absolute atomic E-state index is 0.303. The largest absolute Gasteiger partial charge is 0.378 e. The zero-order valence-corrected chi connectivity index (χ0v) is 15.5. The average Bonchev–Trinajstić information content (AvgIpc) is 2.75. The average molecular weight is 373 g/mol. The fourth-order valence-electron chi connectivity index (χ4n) is 3.46. The van der Waals surface area contributed by atoms with Gasteiger partial charge in [-0.3, -0.25) is 0 Å². The van der Waals surface area contributed by atoms with E-state index in [1.165, 1.54) is 6.33 Å². The number of nitrogens with zero attached hydrogens (tertiary/aromatic N) is 7. The molecule has 2 aliphatic rings. The molecule has 4 heterocycles. The first-order valence-electron chi connectivity index (χ1n) is 9.42. The predicted octanol–water partition coefficient (Wildman–Crippen LogP) is 1.13. The molecule has 0 saturated carbocycles. The molecule has 27 heavy (non-hydrogen) atoms. The minimum atomic E-state index is -0.303. The number of hydrogen-bond donors (Lipinski definition) is 0. The van der Waals surface area contributed by atoms with Crippen LogP contribution < -0.4 is 14.7 Å². The molecular formula is C18H24FN7O. The second-order valence-corrected chi connectivity index (χ2v) is 6.63. The van der Waals surface area contributed by atoms with Crippen molar-refractivity contribution in [1.29, 1.82) is 0 Å². The quantitative estimate of drug-likeness (QED) is 0.790. The molecule has 0 aliphatic carbocycles. The van der Waals surface area contributed by atoms with Gasteiger partial charge in [-0.05, 0) is 18.6 Å². The Hall–Kier alpha value is -2.55. The van der Waals surface area contributed by atoms with Gasteiger partial charge in [0.1, 0.15) is 6.33 Å². The summed E-state index contributed by atoms with van der Waals surface area (Å²) in [6.07, 6.45) is 2.01. The van der Waals surface area contributed by atoms with Crippen molar-refractivity contribution < 1.29 is 9.13 Å². The molecule has 0 aromatic carbocycles. The van der Waals surface area contributed by atoms with Crippen molar-refractivity contribution in [2.24, 2.45) is 0 Å². The molecule has 2 aromatic rings. The van der Waals surface area contributed by atoms with E-state index in [2.05, 4.69) is 30.0 Å². The van der Waals surface area contributed by atoms with E-state index < -0.39 is 0 Å². The van der Waals surface area contributed by atoms with Gasteiger partial charge in [0.15, 0.2) is 23.3 Å². The predicted molar refractivity (Wildman–Crippen MR) is 101 cm³/mol. The number of morpholine rings is 1. The maximum Gasteiger partial charge on any atom is 0.187 e. The number of halogens is 1. The molecule has 0 spiro atoms. The number of aryl methyl sites for hydroxylation is 1. The molecule has 0 bridgehead atoms. The Morgan fingerprint density at radius 1 is 0.889 bits per heavy atom. The minimum Gasteiger partial charge on any atom is -0.378 e. The van der Waals surface area contributed by atoms with Crippen molar-refractivity contribution in [2.75, 3.05) is 67.2 Å². The standard InChI is InChI=1S/C18H24FN7O/c1-2-14-17(19)18(21-13-20-14)26-7-5-24(6-8-26)15-3-4-16(23-22-15)25-9-11-27-12-10-25/h3-4,13H,2,5-12H2,1H3. The van der Waals surface area contributed by atoms with Gasteiger partial charge in [0, 0.05) is 39.3 Å². The summed E-state index contributed by atoms with van der Waals surface area (Å²) in [6, 6.07) is 4.02. The lowest BCUT2D eigenvalue weighted by atomic mass is 10.2. The van der Waals surface area contributed by atoms with E-state index in [1.807, 2.05) is 24.0 Å².